The molecule has 0 unspecified atom stereocenters. The summed E-state index contributed by atoms with van der Waals surface area (Å²) in [6.07, 6.45) is 15.4. The number of allylic oxidation sites excluding steroid dienone is 11. The molecule has 0 aromatic rings. The van der Waals surface area contributed by atoms with Crippen molar-refractivity contribution in [2.24, 2.45) is 0 Å². The van der Waals surface area contributed by atoms with Crippen molar-refractivity contribution in [3.8, 4) is 0 Å². The molecule has 3 aliphatic rings. The Morgan fingerprint density at radius 1 is 1.00 bits per heavy atom. The molecule has 14 heavy (non-hydrogen) atoms. The van der Waals surface area contributed by atoms with Crippen LogP contribution in [0.3, 0.4) is 0 Å². The highest BCUT2D eigenvalue weighted by Crippen LogP contribution is 2.38. The van der Waals surface area contributed by atoms with E-state index >= 15 is 0 Å². The van der Waals surface area contributed by atoms with E-state index in [0.717, 1.165) is 12.8 Å². The van der Waals surface area contributed by atoms with Crippen molar-refractivity contribution in [3.63, 3.8) is 0 Å². The molecule has 0 aliphatic heterocycles. The Morgan fingerprint density at radius 2 is 1.93 bits per heavy atom. The molecular weight excluding hydrogens is 168 g/mol. The monoisotopic (exact) mass is 180 g/mol. The predicted octanol–water partition coefficient (Wildman–Crippen LogP) is 3.63. The molecule has 68 valence electrons. The van der Waals surface area contributed by atoms with Crippen molar-refractivity contribution >= 4 is 0 Å². The fourth-order valence-electron chi connectivity index (χ4n) is 2.27. The van der Waals surface area contributed by atoms with Crippen molar-refractivity contribution in [1.82, 2.24) is 0 Å². The van der Waals surface area contributed by atoms with Gasteiger partial charge < -0.3 is 0 Å². The summed E-state index contributed by atoms with van der Waals surface area (Å²) in [6, 6.07) is 0. The molecule has 0 nitrogen and oxygen atoms in total. The van der Waals surface area contributed by atoms with Gasteiger partial charge in [0.05, 0.1) is 0 Å². The quantitative estimate of drug-likeness (QED) is 0.578. The van der Waals surface area contributed by atoms with Gasteiger partial charge in [-0.15, -0.1) is 0 Å². The van der Waals surface area contributed by atoms with Gasteiger partial charge in [-0.1, -0.05) is 48.6 Å². The maximum absolute atomic E-state index is 4.01. The van der Waals surface area contributed by atoms with Crippen LogP contribution in [0.5, 0.6) is 0 Å². The Morgan fingerprint density at radius 3 is 2.71 bits per heavy atom. The molecule has 0 atom stereocenters. The number of hydrogen-bond acceptors (Lipinski definition) is 0. The summed E-state index contributed by atoms with van der Waals surface area (Å²) in [5.41, 5.74) is 6.88. The number of rotatable bonds is 1. The van der Waals surface area contributed by atoms with Crippen LogP contribution in [0.15, 0.2) is 70.9 Å². The molecule has 0 amide bonds. The Kier molecular flexibility index (Phi) is 1.51. The standard InChI is InChI=1S/C14H12/c1-10-5-6-12(9-10)14-8-7-11-3-2-4-13(11)14/h2-4,7-9H,1,5-6H2. The first-order valence-electron chi connectivity index (χ1n) is 5.04. The zero-order valence-electron chi connectivity index (χ0n) is 8.09. The molecule has 0 N–H and O–H groups in total. The maximum Gasteiger partial charge on any atom is -0.0109 e. The average Bonchev–Trinajstić information content (AvgIpc) is 2.77. The van der Waals surface area contributed by atoms with Gasteiger partial charge in [0.1, 0.15) is 0 Å². The second kappa shape index (κ2) is 2.71. The van der Waals surface area contributed by atoms with Crippen LogP contribution in [0, 0.1) is 0 Å². The van der Waals surface area contributed by atoms with Crippen LogP contribution >= 0.6 is 0 Å². The maximum atomic E-state index is 4.01. The molecule has 0 spiro atoms. The highest BCUT2D eigenvalue weighted by atomic mass is 14.2. The van der Waals surface area contributed by atoms with E-state index in [1.165, 1.54) is 27.9 Å². The van der Waals surface area contributed by atoms with Crippen molar-refractivity contribution < 1.29 is 0 Å². The van der Waals surface area contributed by atoms with Gasteiger partial charge in [0.25, 0.3) is 0 Å². The predicted molar refractivity (Wildman–Crippen MR) is 59.8 cm³/mol. The van der Waals surface area contributed by atoms with E-state index in [1.54, 1.807) is 0 Å². The lowest BCUT2D eigenvalue weighted by atomic mass is 10.0. The molecule has 0 saturated heterocycles. The smallest absolute Gasteiger partial charge is 0.0109 e. The van der Waals surface area contributed by atoms with Gasteiger partial charge in [-0.25, -0.2) is 0 Å². The molecule has 0 bridgehead atoms. The molecule has 0 radical (unpaired) electrons. The van der Waals surface area contributed by atoms with Crippen molar-refractivity contribution in [1.29, 1.82) is 0 Å². The SMILES string of the molecule is C=C1C=C(C2=C3C=CC=C3C=C2)CC1. The third-order valence-corrected chi connectivity index (χ3v) is 3.01. The van der Waals surface area contributed by atoms with Gasteiger partial charge in [0.15, 0.2) is 0 Å². The molecule has 0 heterocycles. The van der Waals surface area contributed by atoms with Gasteiger partial charge in [0.2, 0.25) is 0 Å². The normalized spacial score (nSPS) is 23.3. The molecule has 0 fully saturated rings. The van der Waals surface area contributed by atoms with Gasteiger partial charge in [-0.05, 0) is 35.1 Å². The third kappa shape index (κ3) is 1.00. The first-order chi connectivity index (χ1) is 6.84. The Hall–Kier alpha value is -1.56. The van der Waals surface area contributed by atoms with Crippen LogP contribution in [0.1, 0.15) is 12.8 Å². The molecule has 3 aliphatic carbocycles. The fourth-order valence-corrected chi connectivity index (χ4v) is 2.27. The summed E-state index contributed by atoms with van der Waals surface area (Å²) >= 11 is 0. The lowest BCUT2D eigenvalue weighted by Crippen LogP contribution is -1.84. The summed E-state index contributed by atoms with van der Waals surface area (Å²) in [6.45, 7) is 4.01. The highest BCUT2D eigenvalue weighted by Gasteiger charge is 2.19. The lowest BCUT2D eigenvalue weighted by Gasteiger charge is -2.02. The van der Waals surface area contributed by atoms with E-state index in [9.17, 15) is 0 Å². The highest BCUT2D eigenvalue weighted by molar-refractivity contribution is 5.68. The van der Waals surface area contributed by atoms with Crippen molar-refractivity contribution in [2.75, 3.05) is 0 Å². The minimum atomic E-state index is 1.13. The van der Waals surface area contributed by atoms with Gasteiger partial charge in [0, 0.05) is 0 Å². The van der Waals surface area contributed by atoms with Gasteiger partial charge in [-0.2, -0.15) is 0 Å². The zero-order chi connectivity index (χ0) is 9.54. The lowest BCUT2D eigenvalue weighted by molar-refractivity contribution is 1.02. The third-order valence-electron chi connectivity index (χ3n) is 3.01. The molecule has 0 aromatic heterocycles. The van der Waals surface area contributed by atoms with E-state index in [2.05, 4.69) is 43.0 Å². The summed E-state index contributed by atoms with van der Waals surface area (Å²) in [7, 11) is 0. The zero-order valence-corrected chi connectivity index (χ0v) is 8.09. The molecule has 3 rings (SSSR count). The minimum Gasteiger partial charge on any atom is -0.0958 e. The summed E-state index contributed by atoms with van der Waals surface area (Å²) < 4.78 is 0. The molecule has 0 saturated carbocycles. The first kappa shape index (κ1) is 7.81. The van der Waals surface area contributed by atoms with Crippen LogP contribution in [0.2, 0.25) is 0 Å². The van der Waals surface area contributed by atoms with E-state index < -0.39 is 0 Å². The van der Waals surface area contributed by atoms with Gasteiger partial charge >= 0.3 is 0 Å². The molecule has 0 aromatic carbocycles. The van der Waals surface area contributed by atoms with E-state index in [0.29, 0.717) is 0 Å². The van der Waals surface area contributed by atoms with Crippen LogP contribution in [0.25, 0.3) is 0 Å². The number of hydrogen-bond donors (Lipinski definition) is 0. The Bertz CT molecular complexity index is 462. The molecular formula is C14H12. The topological polar surface area (TPSA) is 0 Å². The largest absolute Gasteiger partial charge is 0.0958 e. The Balaban J connectivity index is 2.08. The minimum absolute atomic E-state index is 1.13. The fraction of sp³-hybridized carbons (Fsp3) is 0.143. The second-order valence-electron chi connectivity index (χ2n) is 3.97. The summed E-state index contributed by atoms with van der Waals surface area (Å²) in [5, 5.41) is 0. The van der Waals surface area contributed by atoms with Crippen LogP contribution in [-0.4, -0.2) is 0 Å². The van der Waals surface area contributed by atoms with Crippen molar-refractivity contribution in [2.45, 2.75) is 12.8 Å². The molecule has 0 heteroatoms. The van der Waals surface area contributed by atoms with E-state index in [4.69, 9.17) is 0 Å². The van der Waals surface area contributed by atoms with E-state index in [1.807, 2.05) is 0 Å². The summed E-state index contributed by atoms with van der Waals surface area (Å²) in [5.74, 6) is 0. The average molecular weight is 180 g/mol. The first-order valence-corrected chi connectivity index (χ1v) is 5.04. The van der Waals surface area contributed by atoms with Crippen LogP contribution in [0.4, 0.5) is 0 Å². The Labute approximate surface area is 84.3 Å². The summed E-state index contributed by atoms with van der Waals surface area (Å²) in [4.78, 5) is 0. The van der Waals surface area contributed by atoms with Crippen molar-refractivity contribution in [3.05, 3.63) is 70.9 Å². The van der Waals surface area contributed by atoms with Gasteiger partial charge in [-0.3, -0.25) is 0 Å². The second-order valence-corrected chi connectivity index (χ2v) is 3.97. The van der Waals surface area contributed by atoms with Crippen LogP contribution in [-0.2, 0) is 0 Å². The van der Waals surface area contributed by atoms with E-state index in [-0.39, 0.29) is 0 Å². The van der Waals surface area contributed by atoms with Crippen LogP contribution < -0.4 is 0 Å². The number of fused-ring (bicyclic) bond motifs is 1.